The minimum Gasteiger partial charge on any atom is -0.493 e. The highest BCUT2D eigenvalue weighted by molar-refractivity contribution is 5.75. The molecule has 1 aromatic carbocycles. The minimum atomic E-state index is -0.174. The molecule has 4 heteroatoms. The molecule has 1 aromatic heterocycles. The number of hydrogen-bond acceptors (Lipinski definition) is 4. The van der Waals surface area contributed by atoms with E-state index < -0.39 is 0 Å². The first-order valence-electron chi connectivity index (χ1n) is 9.22. The van der Waals surface area contributed by atoms with Crippen LogP contribution in [0.25, 0.3) is 12.2 Å². The summed E-state index contributed by atoms with van der Waals surface area (Å²) in [6.45, 7) is 0. The number of ether oxygens (including phenoxy) is 2. The summed E-state index contributed by atoms with van der Waals surface area (Å²) >= 11 is 0. The molecule has 0 amide bonds. The van der Waals surface area contributed by atoms with Gasteiger partial charge in [-0.3, -0.25) is 9.78 Å². The van der Waals surface area contributed by atoms with Crippen molar-refractivity contribution < 1.29 is 14.3 Å². The van der Waals surface area contributed by atoms with E-state index >= 15 is 0 Å². The van der Waals surface area contributed by atoms with Crippen LogP contribution >= 0.6 is 0 Å². The third-order valence-corrected chi connectivity index (χ3v) is 4.73. The zero-order valence-electron chi connectivity index (χ0n) is 15.2. The zero-order chi connectivity index (χ0) is 18.2. The van der Waals surface area contributed by atoms with Gasteiger partial charge < -0.3 is 9.47 Å². The van der Waals surface area contributed by atoms with Crippen LogP contribution in [0, 0.1) is 5.92 Å². The highest BCUT2D eigenvalue weighted by atomic mass is 16.6. The van der Waals surface area contributed by atoms with Crippen LogP contribution in [0.15, 0.2) is 42.6 Å². The quantitative estimate of drug-likeness (QED) is 0.534. The number of pyridine rings is 1. The van der Waals surface area contributed by atoms with Crippen molar-refractivity contribution in [3.8, 4) is 11.5 Å². The summed E-state index contributed by atoms with van der Waals surface area (Å²) in [5.74, 6) is 1.32. The number of methoxy groups -OCH3 is 1. The molecule has 0 aliphatic heterocycles. The minimum absolute atomic E-state index is 0.174. The topological polar surface area (TPSA) is 48.4 Å². The van der Waals surface area contributed by atoms with Crippen LogP contribution < -0.4 is 9.47 Å². The molecule has 4 nitrogen and oxygen atoms in total. The Bertz CT molecular complexity index is 749. The van der Waals surface area contributed by atoms with Crippen molar-refractivity contribution in [1.82, 2.24) is 4.98 Å². The van der Waals surface area contributed by atoms with Gasteiger partial charge in [-0.2, -0.15) is 0 Å². The van der Waals surface area contributed by atoms with Gasteiger partial charge in [-0.05, 0) is 54.7 Å². The molecule has 1 fully saturated rings. The lowest BCUT2D eigenvalue weighted by Gasteiger charge is -2.20. The summed E-state index contributed by atoms with van der Waals surface area (Å²) in [6, 6.07) is 11.3. The van der Waals surface area contributed by atoms with Gasteiger partial charge in [0, 0.05) is 12.6 Å². The van der Waals surface area contributed by atoms with E-state index in [1.54, 1.807) is 19.4 Å². The number of hydrogen-bond donors (Lipinski definition) is 0. The van der Waals surface area contributed by atoms with Crippen LogP contribution in [0.4, 0.5) is 0 Å². The van der Waals surface area contributed by atoms with E-state index in [1.165, 1.54) is 19.3 Å². The fourth-order valence-electron chi connectivity index (χ4n) is 3.32. The molecule has 1 heterocycles. The van der Waals surface area contributed by atoms with Crippen molar-refractivity contribution in [2.75, 3.05) is 7.11 Å². The molecule has 2 aromatic rings. The molecular formula is C22H25NO3. The first kappa shape index (κ1) is 18.2. The first-order valence-corrected chi connectivity index (χ1v) is 9.22. The Kier molecular flexibility index (Phi) is 6.42. The summed E-state index contributed by atoms with van der Waals surface area (Å²) in [4.78, 5) is 16.5. The van der Waals surface area contributed by atoms with Crippen LogP contribution in [-0.2, 0) is 4.79 Å². The van der Waals surface area contributed by atoms with Crippen molar-refractivity contribution in [3.05, 3.63) is 53.9 Å². The van der Waals surface area contributed by atoms with E-state index in [0.717, 1.165) is 24.1 Å². The number of carbonyl (C=O) groups is 1. The van der Waals surface area contributed by atoms with Crippen LogP contribution in [-0.4, -0.2) is 18.1 Å². The van der Waals surface area contributed by atoms with Gasteiger partial charge in [0.05, 0.1) is 12.8 Å². The molecule has 1 aliphatic carbocycles. The van der Waals surface area contributed by atoms with Gasteiger partial charge in [-0.1, -0.05) is 37.5 Å². The van der Waals surface area contributed by atoms with Gasteiger partial charge in [-0.25, -0.2) is 0 Å². The van der Waals surface area contributed by atoms with Gasteiger partial charge in [0.15, 0.2) is 11.5 Å². The molecule has 1 aliphatic rings. The van der Waals surface area contributed by atoms with Gasteiger partial charge in [0.2, 0.25) is 0 Å². The van der Waals surface area contributed by atoms with E-state index in [4.69, 9.17) is 9.47 Å². The number of rotatable bonds is 6. The fraction of sp³-hybridized carbons (Fsp3) is 0.364. The Morgan fingerprint density at radius 3 is 2.69 bits per heavy atom. The van der Waals surface area contributed by atoms with Crippen molar-refractivity contribution >= 4 is 18.1 Å². The molecule has 0 radical (unpaired) electrons. The van der Waals surface area contributed by atoms with Crippen LogP contribution in [0.5, 0.6) is 11.5 Å². The first-order chi connectivity index (χ1) is 12.7. The smallest absolute Gasteiger partial charge is 0.311 e. The molecule has 0 bridgehead atoms. The second-order valence-electron chi connectivity index (χ2n) is 6.68. The molecule has 0 saturated heterocycles. The number of benzene rings is 1. The van der Waals surface area contributed by atoms with Gasteiger partial charge >= 0.3 is 5.97 Å². The third kappa shape index (κ3) is 5.19. The van der Waals surface area contributed by atoms with Crippen molar-refractivity contribution in [2.45, 2.75) is 38.5 Å². The summed E-state index contributed by atoms with van der Waals surface area (Å²) in [5.41, 5.74) is 1.84. The maximum absolute atomic E-state index is 12.2. The van der Waals surface area contributed by atoms with E-state index in [1.807, 2.05) is 42.5 Å². The predicted molar refractivity (Wildman–Crippen MR) is 103 cm³/mol. The summed E-state index contributed by atoms with van der Waals surface area (Å²) in [6.07, 6.45) is 12.1. The summed E-state index contributed by atoms with van der Waals surface area (Å²) in [7, 11) is 1.58. The fourth-order valence-corrected chi connectivity index (χ4v) is 3.32. The van der Waals surface area contributed by atoms with Crippen molar-refractivity contribution in [3.63, 3.8) is 0 Å². The lowest BCUT2D eigenvalue weighted by molar-refractivity contribution is -0.135. The van der Waals surface area contributed by atoms with E-state index in [9.17, 15) is 4.79 Å². The Labute approximate surface area is 154 Å². The largest absolute Gasteiger partial charge is 0.493 e. The number of aromatic nitrogens is 1. The van der Waals surface area contributed by atoms with Crippen molar-refractivity contribution in [1.29, 1.82) is 0 Å². The van der Waals surface area contributed by atoms with Crippen LogP contribution in [0.1, 0.15) is 49.8 Å². The SMILES string of the molecule is COc1cc(/C=C/c2ccccn2)ccc1OC(=O)CC1CCCCC1. The Morgan fingerprint density at radius 2 is 1.96 bits per heavy atom. The second kappa shape index (κ2) is 9.18. The monoisotopic (exact) mass is 351 g/mol. The highest BCUT2D eigenvalue weighted by Crippen LogP contribution is 2.31. The normalized spacial score (nSPS) is 15.1. The Balaban J connectivity index is 1.64. The molecule has 0 atom stereocenters. The molecule has 0 unspecified atom stereocenters. The Morgan fingerprint density at radius 1 is 1.12 bits per heavy atom. The molecule has 0 N–H and O–H groups in total. The van der Waals surface area contributed by atoms with E-state index in [-0.39, 0.29) is 5.97 Å². The van der Waals surface area contributed by atoms with E-state index in [2.05, 4.69) is 4.98 Å². The lowest BCUT2D eigenvalue weighted by atomic mass is 9.87. The number of carbonyl (C=O) groups excluding carboxylic acids is 1. The maximum Gasteiger partial charge on any atom is 0.311 e. The molecule has 3 rings (SSSR count). The average molecular weight is 351 g/mol. The summed E-state index contributed by atoms with van der Waals surface area (Å²) < 4.78 is 11.0. The van der Waals surface area contributed by atoms with Crippen LogP contribution in [0.2, 0.25) is 0 Å². The molecule has 1 saturated carbocycles. The molecule has 136 valence electrons. The van der Waals surface area contributed by atoms with Crippen molar-refractivity contribution in [2.24, 2.45) is 5.92 Å². The molecular weight excluding hydrogens is 326 g/mol. The van der Waals surface area contributed by atoms with Gasteiger partial charge in [-0.15, -0.1) is 0 Å². The average Bonchev–Trinajstić information content (AvgIpc) is 2.68. The molecule has 0 spiro atoms. The zero-order valence-corrected chi connectivity index (χ0v) is 15.2. The highest BCUT2D eigenvalue weighted by Gasteiger charge is 2.19. The predicted octanol–water partition coefficient (Wildman–Crippen LogP) is 5.14. The second-order valence-corrected chi connectivity index (χ2v) is 6.68. The number of nitrogens with zero attached hydrogens (tertiary/aromatic N) is 1. The standard InChI is InChI=1S/C22H25NO3/c1-25-21-15-18(10-12-19-9-5-6-14-23-19)11-13-20(21)26-22(24)16-17-7-3-2-4-8-17/h5-6,9-15,17H,2-4,7-8,16H2,1H3/b12-10+. The molecule has 26 heavy (non-hydrogen) atoms. The Hall–Kier alpha value is -2.62. The maximum atomic E-state index is 12.2. The van der Waals surface area contributed by atoms with Crippen LogP contribution in [0.3, 0.4) is 0 Å². The van der Waals surface area contributed by atoms with E-state index in [0.29, 0.717) is 23.8 Å². The lowest BCUT2D eigenvalue weighted by Crippen LogP contribution is -2.16. The van der Waals surface area contributed by atoms with Gasteiger partial charge in [0.25, 0.3) is 0 Å². The summed E-state index contributed by atoms with van der Waals surface area (Å²) in [5, 5.41) is 0. The number of esters is 1. The van der Waals surface area contributed by atoms with Gasteiger partial charge in [0.1, 0.15) is 0 Å². The third-order valence-electron chi connectivity index (χ3n) is 4.73.